The lowest BCUT2D eigenvalue weighted by molar-refractivity contribution is 0.221. The van der Waals surface area contributed by atoms with E-state index in [9.17, 15) is 10.2 Å². The number of unbranched alkanes of at least 4 members (excludes halogenated alkanes) is 3. The van der Waals surface area contributed by atoms with Crippen molar-refractivity contribution in [2.45, 2.75) is 88.9 Å². The van der Waals surface area contributed by atoms with Crippen molar-refractivity contribution in [1.29, 1.82) is 5.26 Å². The van der Waals surface area contributed by atoms with Crippen molar-refractivity contribution in [3.63, 3.8) is 0 Å². The standard InChI is InChI=1S/C26H33NO2/c1-17-16-26(22-15-19(17)24(22,26)2)23-20(28)13-18(14-21(23)29)25(10-6-7-11-25)9-5-3-4-8-12-27/h13-14,16,19,22,28-29H,3-11,15H2,1-2H3. The maximum Gasteiger partial charge on any atom is 0.123 e. The van der Waals surface area contributed by atoms with Crippen LogP contribution in [0.2, 0.25) is 0 Å². The van der Waals surface area contributed by atoms with Crippen LogP contribution in [0, 0.1) is 28.6 Å². The molecule has 0 radical (unpaired) electrons. The van der Waals surface area contributed by atoms with Crippen molar-refractivity contribution in [2.24, 2.45) is 17.3 Å². The van der Waals surface area contributed by atoms with E-state index in [0.29, 0.717) is 29.8 Å². The number of hydrogen-bond acceptors (Lipinski definition) is 3. The van der Waals surface area contributed by atoms with E-state index in [0.717, 1.165) is 49.7 Å². The van der Waals surface area contributed by atoms with E-state index >= 15 is 0 Å². The third kappa shape index (κ3) is 2.29. The third-order valence-corrected chi connectivity index (χ3v) is 9.41. The van der Waals surface area contributed by atoms with E-state index in [2.05, 4.69) is 26.0 Å². The van der Waals surface area contributed by atoms with Crippen LogP contribution in [0.25, 0.3) is 0 Å². The molecule has 2 N–H and O–H groups in total. The van der Waals surface area contributed by atoms with Gasteiger partial charge in [-0.25, -0.2) is 0 Å². The summed E-state index contributed by atoms with van der Waals surface area (Å²) in [6.45, 7) is 4.55. The molecule has 3 heteroatoms. The molecule has 5 rings (SSSR count). The van der Waals surface area contributed by atoms with Gasteiger partial charge in [-0.1, -0.05) is 44.3 Å². The van der Waals surface area contributed by atoms with Crippen LogP contribution in [0.15, 0.2) is 23.8 Å². The van der Waals surface area contributed by atoms with Gasteiger partial charge in [-0.2, -0.15) is 5.26 Å². The predicted molar refractivity (Wildman–Crippen MR) is 114 cm³/mol. The molecule has 3 saturated carbocycles. The number of hydrogen-bond donors (Lipinski definition) is 2. The number of benzene rings is 1. The van der Waals surface area contributed by atoms with Crippen LogP contribution in [0.4, 0.5) is 0 Å². The van der Waals surface area contributed by atoms with Gasteiger partial charge >= 0.3 is 0 Å². The lowest BCUT2D eigenvalue weighted by Gasteiger charge is -2.32. The van der Waals surface area contributed by atoms with E-state index in [1.165, 1.54) is 24.8 Å². The predicted octanol–water partition coefficient (Wildman–Crippen LogP) is 6.24. The largest absolute Gasteiger partial charge is 0.507 e. The fourth-order valence-electron chi connectivity index (χ4n) is 7.86. The molecule has 3 fully saturated rings. The molecule has 1 aromatic rings. The van der Waals surface area contributed by atoms with Gasteiger partial charge in [0, 0.05) is 17.4 Å². The van der Waals surface area contributed by atoms with Gasteiger partial charge in [0.15, 0.2) is 0 Å². The van der Waals surface area contributed by atoms with Gasteiger partial charge < -0.3 is 10.2 Å². The van der Waals surface area contributed by atoms with Crippen LogP contribution in [-0.2, 0) is 10.8 Å². The number of rotatable bonds is 7. The third-order valence-electron chi connectivity index (χ3n) is 9.41. The molecule has 0 heterocycles. The first-order valence-corrected chi connectivity index (χ1v) is 11.5. The smallest absolute Gasteiger partial charge is 0.123 e. The zero-order chi connectivity index (χ0) is 20.4. The van der Waals surface area contributed by atoms with Gasteiger partial charge in [0.1, 0.15) is 11.5 Å². The molecule has 1 aromatic carbocycles. The molecule has 0 amide bonds. The first-order chi connectivity index (χ1) is 13.9. The molecular formula is C26H33NO2. The summed E-state index contributed by atoms with van der Waals surface area (Å²) in [5.41, 5.74) is 3.49. The van der Waals surface area contributed by atoms with E-state index in [1.807, 2.05) is 12.1 Å². The Morgan fingerprint density at radius 2 is 1.79 bits per heavy atom. The van der Waals surface area contributed by atoms with E-state index < -0.39 is 0 Å². The van der Waals surface area contributed by atoms with Gasteiger partial charge in [0.25, 0.3) is 0 Å². The quantitative estimate of drug-likeness (QED) is 0.427. The Bertz CT molecular complexity index is 896. The minimum Gasteiger partial charge on any atom is -0.507 e. The zero-order valence-corrected chi connectivity index (χ0v) is 17.8. The summed E-state index contributed by atoms with van der Waals surface area (Å²) in [4.78, 5) is 0. The number of phenolic OH excluding ortho intramolecular Hbond substituents is 2. The van der Waals surface area contributed by atoms with Gasteiger partial charge in [-0.15, -0.1) is 0 Å². The number of phenols is 2. The van der Waals surface area contributed by atoms with Crippen molar-refractivity contribution in [3.05, 3.63) is 34.9 Å². The molecule has 4 atom stereocenters. The number of fused-ring (bicyclic) bond motifs is 1. The molecular weight excluding hydrogens is 358 g/mol. The number of nitriles is 1. The van der Waals surface area contributed by atoms with E-state index in [-0.39, 0.29) is 16.2 Å². The van der Waals surface area contributed by atoms with Crippen LogP contribution in [0.5, 0.6) is 11.5 Å². The summed E-state index contributed by atoms with van der Waals surface area (Å²) in [7, 11) is 0. The Labute approximate surface area is 174 Å². The minimum absolute atomic E-state index is 0.0776. The molecule has 0 bridgehead atoms. The second-order valence-electron chi connectivity index (χ2n) is 10.5. The Kier molecular flexibility index (Phi) is 4.12. The van der Waals surface area contributed by atoms with Crippen LogP contribution < -0.4 is 0 Å². The average Bonchev–Trinajstić information content (AvgIpc) is 3.04. The van der Waals surface area contributed by atoms with Gasteiger partial charge in [0.2, 0.25) is 0 Å². The zero-order valence-electron chi connectivity index (χ0n) is 17.8. The highest BCUT2D eigenvalue weighted by Gasteiger charge is 2.86. The summed E-state index contributed by atoms with van der Waals surface area (Å²) in [5, 5.41) is 31.1. The summed E-state index contributed by atoms with van der Waals surface area (Å²) in [6.07, 6.45) is 13.1. The second kappa shape index (κ2) is 6.27. The van der Waals surface area contributed by atoms with Crippen molar-refractivity contribution in [1.82, 2.24) is 0 Å². The van der Waals surface area contributed by atoms with Crippen LogP contribution >= 0.6 is 0 Å². The summed E-state index contributed by atoms with van der Waals surface area (Å²) >= 11 is 0. The van der Waals surface area contributed by atoms with Crippen molar-refractivity contribution >= 4 is 0 Å². The fraction of sp³-hybridized carbons (Fsp3) is 0.654. The summed E-state index contributed by atoms with van der Waals surface area (Å²) in [5.74, 6) is 1.81. The first kappa shape index (κ1) is 19.0. The van der Waals surface area contributed by atoms with E-state index in [4.69, 9.17) is 5.26 Å². The molecule has 29 heavy (non-hydrogen) atoms. The molecule has 0 aliphatic heterocycles. The Balaban J connectivity index is 1.45. The highest BCUT2D eigenvalue weighted by Crippen LogP contribution is 2.89. The monoisotopic (exact) mass is 391 g/mol. The topological polar surface area (TPSA) is 64.2 Å². The lowest BCUT2D eigenvalue weighted by atomic mass is 9.72. The average molecular weight is 392 g/mol. The molecule has 0 spiro atoms. The molecule has 4 aliphatic carbocycles. The first-order valence-electron chi connectivity index (χ1n) is 11.5. The molecule has 4 unspecified atom stereocenters. The SMILES string of the molecule is CC1=CC2(c3c(O)cc(C4(CCCCCC#N)CCCC4)cc3O)C3CC1C32C. The second-order valence-corrected chi connectivity index (χ2v) is 10.5. The van der Waals surface area contributed by atoms with Crippen LogP contribution in [0.1, 0.15) is 89.2 Å². The highest BCUT2D eigenvalue weighted by molar-refractivity contribution is 5.66. The number of aromatic hydroxyl groups is 2. The van der Waals surface area contributed by atoms with Gasteiger partial charge in [-0.05, 0) is 79.4 Å². The Morgan fingerprint density at radius 3 is 2.34 bits per heavy atom. The van der Waals surface area contributed by atoms with Crippen molar-refractivity contribution in [2.75, 3.05) is 0 Å². The summed E-state index contributed by atoms with van der Waals surface area (Å²) < 4.78 is 0. The van der Waals surface area contributed by atoms with Gasteiger partial charge in [-0.3, -0.25) is 0 Å². The molecule has 0 aromatic heterocycles. The molecule has 3 nitrogen and oxygen atoms in total. The van der Waals surface area contributed by atoms with E-state index in [1.54, 1.807) is 0 Å². The lowest BCUT2D eigenvalue weighted by Crippen LogP contribution is -2.25. The normalized spacial score (nSPS) is 35.6. The van der Waals surface area contributed by atoms with Crippen LogP contribution in [-0.4, -0.2) is 10.2 Å². The maximum absolute atomic E-state index is 11.2. The maximum atomic E-state index is 11.2. The highest BCUT2D eigenvalue weighted by atomic mass is 16.3. The Hall–Kier alpha value is -1.95. The van der Waals surface area contributed by atoms with Gasteiger partial charge in [0.05, 0.1) is 6.07 Å². The molecule has 0 saturated heterocycles. The molecule has 154 valence electrons. The number of allylic oxidation sites excluding steroid dienone is 2. The Morgan fingerprint density at radius 1 is 1.10 bits per heavy atom. The fourth-order valence-corrected chi connectivity index (χ4v) is 7.86. The molecule has 4 aliphatic rings. The number of nitrogens with zero attached hydrogens (tertiary/aromatic N) is 1. The van der Waals surface area contributed by atoms with Crippen molar-refractivity contribution in [3.8, 4) is 17.6 Å². The summed E-state index contributed by atoms with van der Waals surface area (Å²) in [6, 6.07) is 6.21. The minimum atomic E-state index is -0.144. The van der Waals surface area contributed by atoms with Crippen molar-refractivity contribution < 1.29 is 10.2 Å². The van der Waals surface area contributed by atoms with Crippen LogP contribution in [0.3, 0.4) is 0 Å².